The van der Waals surface area contributed by atoms with Crippen LogP contribution in [0.15, 0.2) is 5.38 Å². The summed E-state index contributed by atoms with van der Waals surface area (Å²) in [6, 6.07) is 0. The first kappa shape index (κ1) is 15.5. The van der Waals surface area contributed by atoms with E-state index in [1.54, 1.807) is 11.3 Å². The number of thiazole rings is 1. The molecule has 0 aromatic carbocycles. The van der Waals surface area contributed by atoms with E-state index in [0.717, 1.165) is 28.8 Å². The van der Waals surface area contributed by atoms with Crippen molar-refractivity contribution in [1.82, 2.24) is 20.1 Å². The normalized spacial score (nSPS) is 10.7. The summed E-state index contributed by atoms with van der Waals surface area (Å²) < 4.78 is 1.84. The fourth-order valence-electron chi connectivity index (χ4n) is 2.18. The summed E-state index contributed by atoms with van der Waals surface area (Å²) in [5, 5.41) is 10.2. The van der Waals surface area contributed by atoms with Gasteiger partial charge in [-0.05, 0) is 20.8 Å². The molecule has 1 N–H and O–H groups in total. The van der Waals surface area contributed by atoms with Gasteiger partial charge in [-0.15, -0.1) is 11.3 Å². The lowest BCUT2D eigenvalue weighted by Crippen LogP contribution is -2.24. The van der Waals surface area contributed by atoms with Crippen LogP contribution in [0.1, 0.15) is 34.4 Å². The van der Waals surface area contributed by atoms with Crippen LogP contribution in [0.3, 0.4) is 0 Å². The fraction of sp³-hybridized carbons (Fsp3) is 0.500. The molecule has 0 saturated carbocycles. The minimum absolute atomic E-state index is 0.0934. The first-order valence-corrected chi connectivity index (χ1v) is 7.76. The zero-order valence-electron chi connectivity index (χ0n) is 13.1. The number of carbonyl (C=O) groups is 1. The van der Waals surface area contributed by atoms with E-state index in [2.05, 4.69) is 15.4 Å². The van der Waals surface area contributed by atoms with Crippen molar-refractivity contribution in [2.24, 2.45) is 0 Å². The molecule has 2 rings (SSSR count). The van der Waals surface area contributed by atoms with Crippen molar-refractivity contribution in [2.75, 3.05) is 19.0 Å². The van der Waals surface area contributed by atoms with E-state index in [1.165, 1.54) is 0 Å². The van der Waals surface area contributed by atoms with Crippen molar-refractivity contribution in [3.63, 3.8) is 0 Å². The maximum atomic E-state index is 12.3. The molecule has 0 atom stereocenters. The number of amides is 1. The summed E-state index contributed by atoms with van der Waals surface area (Å²) in [7, 11) is 3.90. The molecule has 2 heterocycles. The van der Waals surface area contributed by atoms with Crippen molar-refractivity contribution in [3.05, 3.63) is 28.0 Å². The highest BCUT2D eigenvalue weighted by Gasteiger charge is 2.18. The number of rotatable bonds is 5. The van der Waals surface area contributed by atoms with Crippen molar-refractivity contribution in [3.8, 4) is 0 Å². The maximum Gasteiger partial charge on any atom is 0.255 e. The Morgan fingerprint density at radius 2 is 2.14 bits per heavy atom. The van der Waals surface area contributed by atoms with Crippen LogP contribution in [0.4, 0.5) is 5.13 Å². The zero-order chi connectivity index (χ0) is 15.6. The third kappa shape index (κ3) is 3.24. The van der Waals surface area contributed by atoms with Gasteiger partial charge in [0, 0.05) is 31.7 Å². The molecule has 114 valence electrons. The Morgan fingerprint density at radius 1 is 1.43 bits per heavy atom. The van der Waals surface area contributed by atoms with Gasteiger partial charge in [0.05, 0.1) is 23.5 Å². The van der Waals surface area contributed by atoms with Crippen molar-refractivity contribution < 1.29 is 4.79 Å². The lowest BCUT2D eigenvalue weighted by atomic mass is 10.2. The van der Waals surface area contributed by atoms with E-state index >= 15 is 0 Å². The monoisotopic (exact) mass is 307 g/mol. The Morgan fingerprint density at radius 3 is 2.67 bits per heavy atom. The zero-order valence-corrected chi connectivity index (χ0v) is 13.9. The molecule has 7 heteroatoms. The number of nitrogens with one attached hydrogen (secondary N) is 1. The molecule has 0 bridgehead atoms. The molecule has 2 aromatic heterocycles. The maximum absolute atomic E-state index is 12.3. The number of nitrogens with zero attached hydrogens (tertiary/aromatic N) is 4. The van der Waals surface area contributed by atoms with Gasteiger partial charge in [-0.25, -0.2) is 4.98 Å². The van der Waals surface area contributed by atoms with E-state index in [-0.39, 0.29) is 5.91 Å². The molecular formula is C14H21N5OS. The lowest BCUT2D eigenvalue weighted by molar-refractivity contribution is 0.0949. The summed E-state index contributed by atoms with van der Waals surface area (Å²) in [6.45, 7) is 6.99. The molecule has 2 aromatic rings. The summed E-state index contributed by atoms with van der Waals surface area (Å²) in [5.74, 6) is -0.0934. The average molecular weight is 307 g/mol. The summed E-state index contributed by atoms with van der Waals surface area (Å²) in [6.07, 6.45) is 0. The molecule has 0 spiro atoms. The fourth-order valence-corrected chi connectivity index (χ4v) is 2.93. The molecule has 0 aliphatic carbocycles. The third-order valence-electron chi connectivity index (χ3n) is 3.26. The predicted molar refractivity (Wildman–Crippen MR) is 85.0 cm³/mol. The van der Waals surface area contributed by atoms with Gasteiger partial charge in [-0.1, -0.05) is 0 Å². The number of aromatic nitrogens is 3. The number of hydrogen-bond donors (Lipinski definition) is 1. The Kier molecular flexibility index (Phi) is 4.62. The molecular weight excluding hydrogens is 286 g/mol. The van der Waals surface area contributed by atoms with Gasteiger partial charge < -0.3 is 10.2 Å². The lowest BCUT2D eigenvalue weighted by Gasteiger charge is -2.06. The number of hydrogen-bond acceptors (Lipinski definition) is 5. The molecule has 21 heavy (non-hydrogen) atoms. The molecule has 0 fully saturated rings. The first-order chi connectivity index (χ1) is 9.93. The molecule has 0 aliphatic heterocycles. The second-order valence-corrected chi connectivity index (χ2v) is 5.90. The van der Waals surface area contributed by atoms with Crippen LogP contribution in [0.2, 0.25) is 0 Å². The van der Waals surface area contributed by atoms with E-state index in [4.69, 9.17) is 0 Å². The summed E-state index contributed by atoms with van der Waals surface area (Å²) in [4.78, 5) is 18.7. The molecule has 1 amide bonds. The van der Waals surface area contributed by atoms with Crippen molar-refractivity contribution >= 4 is 22.4 Å². The van der Waals surface area contributed by atoms with Crippen LogP contribution in [0.5, 0.6) is 0 Å². The van der Waals surface area contributed by atoms with E-state index < -0.39 is 0 Å². The van der Waals surface area contributed by atoms with Gasteiger partial charge in [0.2, 0.25) is 0 Å². The molecule has 0 aliphatic rings. The number of anilines is 1. The largest absolute Gasteiger partial charge is 0.354 e. The predicted octanol–water partition coefficient (Wildman–Crippen LogP) is 1.97. The highest BCUT2D eigenvalue weighted by Crippen LogP contribution is 2.18. The van der Waals surface area contributed by atoms with Crippen LogP contribution in [-0.2, 0) is 13.1 Å². The standard InChI is InChI=1S/C14H21N5OS/c1-6-19-10(3)12(9(2)17-19)13(20)15-7-11-8-21-14(16-11)18(4)5/h8H,6-7H2,1-5H3,(H,15,20). The van der Waals surface area contributed by atoms with Crippen LogP contribution < -0.4 is 10.2 Å². The van der Waals surface area contributed by atoms with Crippen molar-refractivity contribution in [1.29, 1.82) is 0 Å². The Labute approximate surface area is 128 Å². The molecule has 0 saturated heterocycles. The highest BCUT2D eigenvalue weighted by atomic mass is 32.1. The second-order valence-electron chi connectivity index (χ2n) is 5.06. The van der Waals surface area contributed by atoms with Crippen LogP contribution in [-0.4, -0.2) is 34.8 Å². The van der Waals surface area contributed by atoms with E-state index in [1.807, 2.05) is 49.8 Å². The van der Waals surface area contributed by atoms with Gasteiger partial charge in [-0.3, -0.25) is 9.48 Å². The minimum Gasteiger partial charge on any atom is -0.354 e. The van der Waals surface area contributed by atoms with Gasteiger partial charge >= 0.3 is 0 Å². The summed E-state index contributed by atoms with van der Waals surface area (Å²) in [5.41, 5.74) is 3.20. The highest BCUT2D eigenvalue weighted by molar-refractivity contribution is 7.13. The SMILES string of the molecule is CCn1nc(C)c(C(=O)NCc2csc(N(C)C)n2)c1C. The molecule has 0 radical (unpaired) electrons. The first-order valence-electron chi connectivity index (χ1n) is 6.88. The van der Waals surface area contributed by atoms with Gasteiger partial charge in [0.1, 0.15) is 0 Å². The van der Waals surface area contributed by atoms with E-state index in [9.17, 15) is 4.79 Å². The van der Waals surface area contributed by atoms with Gasteiger partial charge in [0.25, 0.3) is 5.91 Å². The average Bonchev–Trinajstić information content (AvgIpc) is 3.01. The van der Waals surface area contributed by atoms with E-state index in [0.29, 0.717) is 12.1 Å². The third-order valence-corrected chi connectivity index (χ3v) is 4.32. The smallest absolute Gasteiger partial charge is 0.255 e. The number of carbonyl (C=O) groups excluding carboxylic acids is 1. The van der Waals surface area contributed by atoms with Crippen molar-refractivity contribution in [2.45, 2.75) is 33.9 Å². The Bertz CT molecular complexity index is 644. The number of aryl methyl sites for hydroxylation is 2. The van der Waals surface area contributed by atoms with Gasteiger partial charge in [0.15, 0.2) is 5.13 Å². The van der Waals surface area contributed by atoms with Crippen LogP contribution in [0, 0.1) is 13.8 Å². The van der Waals surface area contributed by atoms with Crippen LogP contribution >= 0.6 is 11.3 Å². The Balaban J connectivity index is 2.06. The molecule has 6 nitrogen and oxygen atoms in total. The topological polar surface area (TPSA) is 63.1 Å². The van der Waals surface area contributed by atoms with Gasteiger partial charge in [-0.2, -0.15) is 5.10 Å². The second kappa shape index (κ2) is 6.26. The quantitative estimate of drug-likeness (QED) is 0.917. The van der Waals surface area contributed by atoms with Crippen LogP contribution in [0.25, 0.3) is 0 Å². The minimum atomic E-state index is -0.0934. The summed E-state index contributed by atoms with van der Waals surface area (Å²) >= 11 is 1.57. The Hall–Kier alpha value is -1.89. The molecule has 0 unspecified atom stereocenters.